The fourth-order valence-electron chi connectivity index (χ4n) is 1.36. The molecule has 1 unspecified atom stereocenters. The summed E-state index contributed by atoms with van der Waals surface area (Å²) in [6, 6.07) is 5.30. The Morgan fingerprint density at radius 2 is 2.25 bits per heavy atom. The van der Waals surface area contributed by atoms with Gasteiger partial charge in [0.15, 0.2) is 0 Å². The van der Waals surface area contributed by atoms with E-state index < -0.39 is 0 Å². The highest BCUT2D eigenvalue weighted by molar-refractivity contribution is 5.71. The summed E-state index contributed by atoms with van der Waals surface area (Å²) in [5, 5.41) is 3.07. The summed E-state index contributed by atoms with van der Waals surface area (Å²) >= 11 is 0. The lowest BCUT2D eigenvalue weighted by atomic mass is 10.1. The molecular weight excluding hydrogens is 153 g/mol. The smallest absolute Gasteiger partial charge is 0.146 e. The monoisotopic (exact) mass is 163 g/mol. The van der Waals surface area contributed by atoms with E-state index in [1.54, 1.807) is 6.07 Å². The third-order valence-corrected chi connectivity index (χ3v) is 1.98. The SMILES string of the molecule is CC1C=Cc2cccc(F)c2N1. The van der Waals surface area contributed by atoms with Crippen LogP contribution in [0.5, 0.6) is 0 Å². The molecule has 1 aromatic rings. The molecular formula is C10H10FN. The van der Waals surface area contributed by atoms with E-state index in [4.69, 9.17) is 0 Å². The number of fused-ring (bicyclic) bond motifs is 1. The van der Waals surface area contributed by atoms with E-state index in [0.29, 0.717) is 5.69 Å². The number of rotatable bonds is 0. The average molecular weight is 163 g/mol. The second kappa shape index (κ2) is 2.63. The zero-order valence-corrected chi connectivity index (χ0v) is 6.84. The van der Waals surface area contributed by atoms with Crippen LogP contribution in [0.1, 0.15) is 12.5 Å². The maximum absolute atomic E-state index is 13.1. The minimum atomic E-state index is -0.177. The second-order valence-corrected chi connectivity index (χ2v) is 3.00. The number of hydrogen-bond donors (Lipinski definition) is 1. The van der Waals surface area contributed by atoms with Crippen LogP contribution in [0.3, 0.4) is 0 Å². The molecule has 1 nitrogen and oxygen atoms in total. The number of halogens is 1. The lowest BCUT2D eigenvalue weighted by molar-refractivity contribution is 0.628. The van der Waals surface area contributed by atoms with Crippen molar-refractivity contribution in [3.05, 3.63) is 35.7 Å². The molecule has 12 heavy (non-hydrogen) atoms. The third-order valence-electron chi connectivity index (χ3n) is 1.98. The molecule has 0 amide bonds. The quantitative estimate of drug-likeness (QED) is 0.620. The van der Waals surface area contributed by atoms with E-state index in [9.17, 15) is 4.39 Å². The van der Waals surface area contributed by atoms with Gasteiger partial charge in [-0.2, -0.15) is 0 Å². The fraction of sp³-hybridized carbons (Fsp3) is 0.200. The topological polar surface area (TPSA) is 12.0 Å². The summed E-state index contributed by atoms with van der Waals surface area (Å²) in [4.78, 5) is 0. The van der Waals surface area contributed by atoms with Crippen LogP contribution in [0.4, 0.5) is 10.1 Å². The minimum Gasteiger partial charge on any atom is -0.376 e. The molecule has 0 spiro atoms. The maximum atomic E-state index is 13.1. The Hall–Kier alpha value is -1.31. The highest BCUT2D eigenvalue weighted by Crippen LogP contribution is 2.25. The first-order valence-electron chi connectivity index (χ1n) is 4.00. The third kappa shape index (κ3) is 1.09. The molecule has 1 aromatic carbocycles. The van der Waals surface area contributed by atoms with Gasteiger partial charge in [0.1, 0.15) is 5.82 Å². The number of para-hydroxylation sites is 1. The first kappa shape index (κ1) is 7.35. The van der Waals surface area contributed by atoms with Gasteiger partial charge in [-0.3, -0.25) is 0 Å². The summed E-state index contributed by atoms with van der Waals surface area (Å²) < 4.78 is 13.1. The Bertz CT molecular complexity index is 331. The van der Waals surface area contributed by atoms with Gasteiger partial charge < -0.3 is 5.32 Å². The Labute approximate surface area is 70.9 Å². The summed E-state index contributed by atoms with van der Waals surface area (Å²) in [5.41, 5.74) is 1.54. The molecule has 1 N–H and O–H groups in total. The molecule has 0 radical (unpaired) electrons. The first-order valence-corrected chi connectivity index (χ1v) is 4.00. The molecule has 0 fully saturated rings. The number of benzene rings is 1. The molecule has 2 rings (SSSR count). The van der Waals surface area contributed by atoms with Crippen molar-refractivity contribution in [3.8, 4) is 0 Å². The van der Waals surface area contributed by atoms with Gasteiger partial charge in [0.05, 0.1) is 5.69 Å². The Morgan fingerprint density at radius 3 is 3.08 bits per heavy atom. The number of anilines is 1. The predicted octanol–water partition coefficient (Wildman–Crippen LogP) is 2.65. The van der Waals surface area contributed by atoms with Crippen molar-refractivity contribution < 1.29 is 4.39 Å². The summed E-state index contributed by atoms with van der Waals surface area (Å²) in [7, 11) is 0. The van der Waals surface area contributed by atoms with Crippen molar-refractivity contribution in [1.29, 1.82) is 0 Å². The molecule has 1 atom stereocenters. The standard InChI is InChI=1S/C10H10FN/c1-7-5-6-8-3-2-4-9(11)10(8)12-7/h2-7,12H,1H3. The molecule has 1 aliphatic heterocycles. The highest BCUT2D eigenvalue weighted by Gasteiger charge is 2.11. The van der Waals surface area contributed by atoms with Crippen LogP contribution in [0, 0.1) is 5.82 Å². The zero-order chi connectivity index (χ0) is 8.55. The van der Waals surface area contributed by atoms with Crippen LogP contribution in [0.25, 0.3) is 6.08 Å². The normalized spacial score (nSPS) is 20.0. The van der Waals surface area contributed by atoms with Crippen molar-refractivity contribution in [2.75, 3.05) is 5.32 Å². The summed E-state index contributed by atoms with van der Waals surface area (Å²) in [6.07, 6.45) is 3.96. The average Bonchev–Trinajstić information content (AvgIpc) is 2.07. The molecule has 0 saturated carbocycles. The summed E-state index contributed by atoms with van der Waals surface area (Å²) in [5.74, 6) is -0.177. The number of hydrogen-bond acceptors (Lipinski definition) is 1. The summed E-state index contributed by atoms with van der Waals surface area (Å²) in [6.45, 7) is 1.99. The lowest BCUT2D eigenvalue weighted by Crippen LogP contribution is -2.16. The fourth-order valence-corrected chi connectivity index (χ4v) is 1.36. The molecule has 0 saturated heterocycles. The molecule has 62 valence electrons. The van der Waals surface area contributed by atoms with Crippen molar-refractivity contribution in [3.63, 3.8) is 0 Å². The van der Waals surface area contributed by atoms with Gasteiger partial charge in [-0.05, 0) is 13.0 Å². The van der Waals surface area contributed by atoms with Gasteiger partial charge in [0.25, 0.3) is 0 Å². The van der Waals surface area contributed by atoms with Gasteiger partial charge in [0.2, 0.25) is 0 Å². The van der Waals surface area contributed by atoms with Crippen molar-refractivity contribution >= 4 is 11.8 Å². The van der Waals surface area contributed by atoms with Gasteiger partial charge >= 0.3 is 0 Å². The van der Waals surface area contributed by atoms with E-state index in [1.807, 2.05) is 25.1 Å². The molecule has 0 aromatic heterocycles. The Kier molecular flexibility index (Phi) is 1.61. The van der Waals surface area contributed by atoms with Crippen LogP contribution in [-0.4, -0.2) is 6.04 Å². The molecule has 2 heteroatoms. The van der Waals surface area contributed by atoms with Crippen molar-refractivity contribution in [1.82, 2.24) is 0 Å². The first-order chi connectivity index (χ1) is 5.77. The van der Waals surface area contributed by atoms with E-state index in [2.05, 4.69) is 5.32 Å². The molecule has 1 heterocycles. The van der Waals surface area contributed by atoms with Gasteiger partial charge in [0, 0.05) is 11.6 Å². The van der Waals surface area contributed by atoms with Crippen LogP contribution in [0.2, 0.25) is 0 Å². The number of nitrogens with one attached hydrogen (secondary N) is 1. The lowest BCUT2D eigenvalue weighted by Gasteiger charge is -2.18. The molecule has 0 bridgehead atoms. The van der Waals surface area contributed by atoms with Crippen LogP contribution in [0.15, 0.2) is 24.3 Å². The highest BCUT2D eigenvalue weighted by atomic mass is 19.1. The zero-order valence-electron chi connectivity index (χ0n) is 6.84. The Balaban J connectivity index is 2.53. The van der Waals surface area contributed by atoms with Gasteiger partial charge in [-0.25, -0.2) is 4.39 Å². The van der Waals surface area contributed by atoms with Crippen molar-refractivity contribution in [2.24, 2.45) is 0 Å². The largest absolute Gasteiger partial charge is 0.376 e. The van der Waals surface area contributed by atoms with Crippen LogP contribution >= 0.6 is 0 Å². The Morgan fingerprint density at radius 1 is 1.42 bits per heavy atom. The van der Waals surface area contributed by atoms with Gasteiger partial charge in [-0.1, -0.05) is 24.3 Å². The second-order valence-electron chi connectivity index (χ2n) is 3.00. The van der Waals surface area contributed by atoms with Gasteiger partial charge in [-0.15, -0.1) is 0 Å². The van der Waals surface area contributed by atoms with E-state index >= 15 is 0 Å². The van der Waals surface area contributed by atoms with E-state index in [1.165, 1.54) is 6.07 Å². The maximum Gasteiger partial charge on any atom is 0.146 e. The van der Waals surface area contributed by atoms with Crippen molar-refractivity contribution in [2.45, 2.75) is 13.0 Å². The molecule has 0 aliphatic carbocycles. The van der Waals surface area contributed by atoms with Crippen LogP contribution in [-0.2, 0) is 0 Å². The predicted molar refractivity (Wildman–Crippen MR) is 48.5 cm³/mol. The van der Waals surface area contributed by atoms with E-state index in [-0.39, 0.29) is 11.9 Å². The van der Waals surface area contributed by atoms with Crippen LogP contribution < -0.4 is 5.32 Å². The molecule has 1 aliphatic rings. The van der Waals surface area contributed by atoms with E-state index in [0.717, 1.165) is 5.56 Å². The minimum absolute atomic E-state index is 0.177.